The summed E-state index contributed by atoms with van der Waals surface area (Å²) < 4.78 is 23.6. The molecule has 2 aromatic rings. The van der Waals surface area contributed by atoms with Crippen LogP contribution in [0.3, 0.4) is 0 Å². The lowest BCUT2D eigenvalue weighted by Gasteiger charge is -2.14. The van der Waals surface area contributed by atoms with Gasteiger partial charge in [0.1, 0.15) is 0 Å². The molecule has 0 fully saturated rings. The highest BCUT2D eigenvalue weighted by Crippen LogP contribution is 2.33. The van der Waals surface area contributed by atoms with Crippen LogP contribution in [0, 0.1) is 5.92 Å². The molecule has 0 spiro atoms. The highest BCUT2D eigenvalue weighted by atomic mass is 32.2. The van der Waals surface area contributed by atoms with Crippen LogP contribution in [0.15, 0.2) is 29.2 Å². The number of nitrogens with one attached hydrogen (secondary N) is 2. The van der Waals surface area contributed by atoms with Gasteiger partial charge in [-0.2, -0.15) is 0 Å². The molecule has 1 aliphatic rings. The van der Waals surface area contributed by atoms with E-state index in [1.165, 1.54) is 11.3 Å². The monoisotopic (exact) mass is 393 g/mol. The van der Waals surface area contributed by atoms with Gasteiger partial charge in [-0.15, -0.1) is 11.3 Å². The standard InChI is InChI=1S/C18H23N3O3S2/c1-4-26(23,24)13-7-5-12(6-8-13)9-20-17(22)18-21-16-14(25-18)10-19-15(16)11(2)3/h5-8,11,15,19H,4,9-10H2,1-3H3,(H,20,22). The predicted molar refractivity (Wildman–Crippen MR) is 102 cm³/mol. The van der Waals surface area contributed by atoms with Crippen molar-refractivity contribution < 1.29 is 13.2 Å². The average Bonchev–Trinajstić information content (AvgIpc) is 3.20. The number of fused-ring (bicyclic) bond motifs is 1. The maximum Gasteiger partial charge on any atom is 0.280 e. The van der Waals surface area contributed by atoms with Crippen LogP contribution in [0.1, 0.15) is 52.7 Å². The van der Waals surface area contributed by atoms with Crippen LogP contribution in [0.5, 0.6) is 0 Å². The summed E-state index contributed by atoms with van der Waals surface area (Å²) in [7, 11) is -3.20. The zero-order valence-electron chi connectivity index (χ0n) is 15.1. The van der Waals surface area contributed by atoms with Crippen molar-refractivity contribution >= 4 is 27.1 Å². The third-order valence-electron chi connectivity index (χ3n) is 4.48. The number of amides is 1. The molecule has 0 saturated heterocycles. The Balaban J connectivity index is 1.64. The van der Waals surface area contributed by atoms with Crippen molar-refractivity contribution in [3.8, 4) is 0 Å². The second-order valence-electron chi connectivity index (χ2n) is 6.66. The van der Waals surface area contributed by atoms with Gasteiger partial charge in [-0.05, 0) is 23.6 Å². The summed E-state index contributed by atoms with van der Waals surface area (Å²) in [6.45, 7) is 6.98. The van der Waals surface area contributed by atoms with Crippen molar-refractivity contribution in [2.45, 2.75) is 44.8 Å². The molecule has 3 rings (SSSR count). The molecule has 26 heavy (non-hydrogen) atoms. The first-order chi connectivity index (χ1) is 12.3. The summed E-state index contributed by atoms with van der Waals surface area (Å²) in [5.41, 5.74) is 1.84. The fourth-order valence-corrected chi connectivity index (χ4v) is 4.78. The van der Waals surface area contributed by atoms with Crippen molar-refractivity contribution in [3.63, 3.8) is 0 Å². The molecular weight excluding hydrogens is 370 g/mol. The van der Waals surface area contributed by atoms with Gasteiger partial charge in [0.05, 0.1) is 22.4 Å². The molecular formula is C18H23N3O3S2. The van der Waals surface area contributed by atoms with Gasteiger partial charge >= 0.3 is 0 Å². The van der Waals surface area contributed by atoms with E-state index in [1.54, 1.807) is 31.2 Å². The summed E-state index contributed by atoms with van der Waals surface area (Å²) in [6.07, 6.45) is 0. The Morgan fingerprint density at radius 3 is 2.65 bits per heavy atom. The minimum absolute atomic E-state index is 0.0734. The lowest BCUT2D eigenvalue weighted by Crippen LogP contribution is -2.24. The Kier molecular flexibility index (Phi) is 5.45. The Labute approximate surface area is 158 Å². The van der Waals surface area contributed by atoms with E-state index >= 15 is 0 Å². The van der Waals surface area contributed by atoms with Gasteiger partial charge < -0.3 is 10.6 Å². The van der Waals surface area contributed by atoms with E-state index in [1.807, 2.05) is 0 Å². The second-order valence-corrected chi connectivity index (χ2v) is 10.0. The second kappa shape index (κ2) is 7.46. The number of nitrogens with zero attached hydrogens (tertiary/aromatic N) is 1. The van der Waals surface area contributed by atoms with E-state index in [2.05, 4.69) is 29.5 Å². The van der Waals surface area contributed by atoms with Crippen LogP contribution in [-0.4, -0.2) is 25.1 Å². The van der Waals surface area contributed by atoms with Gasteiger partial charge in [-0.1, -0.05) is 32.9 Å². The van der Waals surface area contributed by atoms with E-state index < -0.39 is 9.84 Å². The molecule has 0 bridgehead atoms. The number of hydrogen-bond donors (Lipinski definition) is 2. The van der Waals surface area contributed by atoms with Crippen molar-refractivity contribution in [1.82, 2.24) is 15.6 Å². The molecule has 2 heterocycles. The van der Waals surface area contributed by atoms with Crippen LogP contribution in [0.4, 0.5) is 0 Å². The minimum Gasteiger partial charge on any atom is -0.346 e. The molecule has 140 valence electrons. The van der Waals surface area contributed by atoms with Gasteiger partial charge in [0.2, 0.25) is 0 Å². The molecule has 6 nitrogen and oxygen atoms in total. The third-order valence-corrected chi connectivity index (χ3v) is 7.30. The maximum atomic E-state index is 12.4. The molecule has 0 radical (unpaired) electrons. The largest absolute Gasteiger partial charge is 0.346 e. The number of aromatic nitrogens is 1. The number of hydrogen-bond acceptors (Lipinski definition) is 6. The normalized spacial score (nSPS) is 16.7. The molecule has 2 N–H and O–H groups in total. The molecule has 1 aromatic heterocycles. The van der Waals surface area contributed by atoms with Crippen molar-refractivity contribution in [1.29, 1.82) is 0 Å². The molecule has 0 aliphatic carbocycles. The molecule has 1 atom stereocenters. The summed E-state index contributed by atoms with van der Waals surface area (Å²) in [5.74, 6) is 0.300. The fraction of sp³-hybridized carbons (Fsp3) is 0.444. The topological polar surface area (TPSA) is 88.2 Å². The Morgan fingerprint density at radius 2 is 2.04 bits per heavy atom. The molecule has 8 heteroatoms. The number of sulfone groups is 1. The first-order valence-corrected chi connectivity index (χ1v) is 11.1. The van der Waals surface area contributed by atoms with E-state index in [0.717, 1.165) is 22.7 Å². The van der Waals surface area contributed by atoms with Crippen molar-refractivity contribution in [2.75, 3.05) is 5.75 Å². The predicted octanol–water partition coefficient (Wildman–Crippen LogP) is 2.67. The first kappa shape index (κ1) is 19.0. The summed E-state index contributed by atoms with van der Waals surface area (Å²) in [6, 6.07) is 6.82. The lowest BCUT2D eigenvalue weighted by atomic mass is 10.0. The Hall–Kier alpha value is -1.77. The Bertz CT molecular complexity index is 902. The maximum absolute atomic E-state index is 12.4. The highest BCUT2D eigenvalue weighted by Gasteiger charge is 2.30. The number of benzene rings is 1. The van der Waals surface area contributed by atoms with Gasteiger partial charge in [0, 0.05) is 18.0 Å². The van der Waals surface area contributed by atoms with Crippen LogP contribution in [-0.2, 0) is 22.9 Å². The summed E-state index contributed by atoms with van der Waals surface area (Å²) >= 11 is 1.43. The molecule has 1 unspecified atom stereocenters. The number of rotatable bonds is 6. The quantitative estimate of drug-likeness (QED) is 0.788. The van der Waals surface area contributed by atoms with Crippen molar-refractivity contribution in [2.24, 2.45) is 5.92 Å². The van der Waals surface area contributed by atoms with E-state index in [4.69, 9.17) is 0 Å². The Morgan fingerprint density at radius 1 is 1.35 bits per heavy atom. The van der Waals surface area contributed by atoms with Crippen LogP contribution in [0.25, 0.3) is 0 Å². The summed E-state index contributed by atoms with van der Waals surface area (Å²) in [4.78, 5) is 18.4. The molecule has 1 amide bonds. The third kappa shape index (κ3) is 3.82. The van der Waals surface area contributed by atoms with Crippen LogP contribution in [0.2, 0.25) is 0 Å². The smallest absolute Gasteiger partial charge is 0.280 e. The SMILES string of the molecule is CCS(=O)(=O)c1ccc(CNC(=O)c2nc3c(s2)CNC3C(C)C)cc1. The number of thiazole rings is 1. The van der Waals surface area contributed by atoms with Crippen molar-refractivity contribution in [3.05, 3.63) is 45.4 Å². The zero-order chi connectivity index (χ0) is 18.9. The molecule has 0 saturated carbocycles. The highest BCUT2D eigenvalue weighted by molar-refractivity contribution is 7.91. The minimum atomic E-state index is -3.20. The lowest BCUT2D eigenvalue weighted by molar-refractivity contribution is 0.0950. The summed E-state index contributed by atoms with van der Waals surface area (Å²) in [5, 5.41) is 6.75. The fourth-order valence-electron chi connectivity index (χ4n) is 2.92. The number of carbonyl (C=O) groups excluding carboxylic acids is 1. The van der Waals surface area contributed by atoms with E-state index in [9.17, 15) is 13.2 Å². The zero-order valence-corrected chi connectivity index (χ0v) is 16.7. The number of carbonyl (C=O) groups is 1. The van der Waals surface area contributed by atoms with E-state index in [0.29, 0.717) is 22.4 Å². The van der Waals surface area contributed by atoms with Gasteiger partial charge in [0.25, 0.3) is 5.91 Å². The molecule has 1 aliphatic heterocycles. The van der Waals surface area contributed by atoms with E-state index in [-0.39, 0.29) is 17.7 Å². The van der Waals surface area contributed by atoms with Gasteiger partial charge in [-0.3, -0.25) is 4.79 Å². The van der Waals surface area contributed by atoms with Gasteiger partial charge in [0.15, 0.2) is 14.8 Å². The first-order valence-electron chi connectivity index (χ1n) is 8.64. The average molecular weight is 394 g/mol. The van der Waals surface area contributed by atoms with Crippen LogP contribution >= 0.6 is 11.3 Å². The van der Waals surface area contributed by atoms with Crippen LogP contribution < -0.4 is 10.6 Å². The molecule has 1 aromatic carbocycles. The van der Waals surface area contributed by atoms with Gasteiger partial charge in [-0.25, -0.2) is 13.4 Å².